The van der Waals surface area contributed by atoms with E-state index in [-0.39, 0.29) is 4.90 Å². The van der Waals surface area contributed by atoms with Gasteiger partial charge in [-0.15, -0.1) is 0 Å². The highest BCUT2D eigenvalue weighted by Gasteiger charge is 2.25. The summed E-state index contributed by atoms with van der Waals surface area (Å²) < 4.78 is 27.9. The molecule has 0 aliphatic rings. The molecule has 0 amide bonds. The predicted octanol–water partition coefficient (Wildman–Crippen LogP) is 1.35. The van der Waals surface area contributed by atoms with E-state index in [1.54, 1.807) is 26.8 Å². The van der Waals surface area contributed by atoms with Gasteiger partial charge >= 0.3 is 0 Å². The van der Waals surface area contributed by atoms with Crippen molar-refractivity contribution in [2.24, 2.45) is 0 Å². The maximum absolute atomic E-state index is 12.7. The molecule has 0 saturated heterocycles. The fourth-order valence-corrected chi connectivity index (χ4v) is 4.00. The monoisotopic (exact) mass is 309 g/mol. The van der Waals surface area contributed by atoms with Gasteiger partial charge in [0.05, 0.1) is 10.9 Å². The van der Waals surface area contributed by atoms with Crippen LogP contribution in [0.25, 0.3) is 0 Å². The summed E-state index contributed by atoms with van der Waals surface area (Å²) in [5.41, 5.74) is 8.44. The summed E-state index contributed by atoms with van der Waals surface area (Å²) in [6, 6.07) is 1.27. The van der Waals surface area contributed by atoms with Gasteiger partial charge in [-0.05, 0) is 50.5 Å². The van der Waals surface area contributed by atoms with Gasteiger partial charge in [-0.3, -0.25) is 5.10 Å². The minimum atomic E-state index is -3.71. The van der Waals surface area contributed by atoms with Gasteiger partial charge in [0.25, 0.3) is 0 Å². The number of aromatic nitrogens is 3. The lowest BCUT2D eigenvalue weighted by Gasteiger charge is -2.18. The van der Waals surface area contributed by atoms with E-state index < -0.39 is 16.1 Å². The van der Waals surface area contributed by atoms with Crippen molar-refractivity contribution in [3.63, 3.8) is 0 Å². The lowest BCUT2D eigenvalue weighted by Crippen LogP contribution is -2.29. The van der Waals surface area contributed by atoms with Gasteiger partial charge in [-0.2, -0.15) is 5.10 Å². The normalized spacial score (nSPS) is 13.3. The van der Waals surface area contributed by atoms with Crippen LogP contribution in [0.2, 0.25) is 0 Å². The Labute approximate surface area is 124 Å². The van der Waals surface area contributed by atoms with E-state index in [4.69, 9.17) is 5.73 Å². The lowest BCUT2D eigenvalue weighted by molar-refractivity contribution is 0.559. The first-order valence-electron chi connectivity index (χ1n) is 6.48. The van der Waals surface area contributed by atoms with E-state index in [1.807, 2.05) is 6.92 Å². The van der Waals surface area contributed by atoms with Crippen LogP contribution in [-0.2, 0) is 10.0 Å². The average molecular weight is 309 g/mol. The van der Waals surface area contributed by atoms with Crippen molar-refractivity contribution in [3.05, 3.63) is 34.9 Å². The summed E-state index contributed by atoms with van der Waals surface area (Å²) in [7, 11) is -3.71. The number of nitrogens with two attached hydrogens (primary N) is 1. The molecule has 0 radical (unpaired) electrons. The predicted molar refractivity (Wildman–Crippen MR) is 80.2 cm³/mol. The quantitative estimate of drug-likeness (QED) is 0.738. The third kappa shape index (κ3) is 2.91. The second kappa shape index (κ2) is 5.45. The molecule has 0 aliphatic carbocycles. The van der Waals surface area contributed by atoms with Crippen LogP contribution in [0.1, 0.15) is 35.5 Å². The summed E-state index contributed by atoms with van der Waals surface area (Å²) in [5, 5.41) is 6.37. The zero-order chi connectivity index (χ0) is 15.8. The molecule has 0 saturated carbocycles. The first-order chi connectivity index (χ1) is 9.74. The Hall–Kier alpha value is -1.93. The minimum absolute atomic E-state index is 0.228. The van der Waals surface area contributed by atoms with Gasteiger partial charge in [0.1, 0.15) is 12.2 Å². The number of hydrogen-bond acceptors (Lipinski definition) is 5. The van der Waals surface area contributed by atoms with E-state index in [0.29, 0.717) is 22.6 Å². The molecule has 1 aromatic heterocycles. The average Bonchev–Trinajstić information content (AvgIpc) is 2.89. The third-order valence-electron chi connectivity index (χ3n) is 3.52. The van der Waals surface area contributed by atoms with Crippen LogP contribution in [0.5, 0.6) is 0 Å². The Morgan fingerprint density at radius 1 is 1.29 bits per heavy atom. The van der Waals surface area contributed by atoms with Crippen molar-refractivity contribution < 1.29 is 8.42 Å². The van der Waals surface area contributed by atoms with Gasteiger partial charge < -0.3 is 5.73 Å². The molecule has 0 aliphatic heterocycles. The fraction of sp³-hybridized carbons (Fsp3) is 0.385. The van der Waals surface area contributed by atoms with E-state index in [0.717, 1.165) is 5.56 Å². The smallest absolute Gasteiger partial charge is 0.241 e. The molecule has 7 nitrogen and oxygen atoms in total. The molecule has 8 heteroatoms. The maximum atomic E-state index is 12.7. The Balaban J connectivity index is 2.46. The van der Waals surface area contributed by atoms with Crippen molar-refractivity contribution in [3.8, 4) is 0 Å². The highest BCUT2D eigenvalue weighted by Crippen LogP contribution is 2.28. The summed E-state index contributed by atoms with van der Waals surface area (Å²) in [4.78, 5) is 4.18. The number of hydrogen-bond donors (Lipinski definition) is 3. The van der Waals surface area contributed by atoms with Gasteiger partial charge in [0.2, 0.25) is 10.0 Å². The van der Waals surface area contributed by atoms with Crippen LogP contribution in [0, 0.1) is 20.8 Å². The number of aryl methyl sites for hydroxylation is 1. The summed E-state index contributed by atoms with van der Waals surface area (Å²) in [6.45, 7) is 7.01. The Morgan fingerprint density at radius 3 is 2.52 bits per heavy atom. The summed E-state index contributed by atoms with van der Waals surface area (Å²) in [6.07, 6.45) is 1.33. The Kier molecular flexibility index (Phi) is 4.02. The van der Waals surface area contributed by atoms with Crippen molar-refractivity contribution in [2.75, 3.05) is 5.73 Å². The van der Waals surface area contributed by atoms with Gasteiger partial charge in [0.15, 0.2) is 0 Å². The van der Waals surface area contributed by atoms with Crippen LogP contribution in [-0.4, -0.2) is 23.6 Å². The van der Waals surface area contributed by atoms with E-state index in [2.05, 4.69) is 19.9 Å². The van der Waals surface area contributed by atoms with Gasteiger partial charge in [0, 0.05) is 5.69 Å². The molecule has 1 unspecified atom stereocenters. The Morgan fingerprint density at radius 2 is 1.95 bits per heavy atom. The number of nitrogens with one attached hydrogen (secondary N) is 2. The van der Waals surface area contributed by atoms with Crippen LogP contribution in [0.15, 0.2) is 17.3 Å². The number of H-pyrrole nitrogens is 1. The third-order valence-corrected chi connectivity index (χ3v) is 5.34. The standard InChI is InChI=1S/C13H19N5O2S/c1-7-5-11(14)9(3)12(8(7)2)21(19,20)18-10(4)13-15-6-16-17-13/h5-6,10,18H,14H2,1-4H3,(H,15,16,17). The maximum Gasteiger partial charge on any atom is 0.241 e. The topological polar surface area (TPSA) is 114 Å². The molecule has 2 rings (SSSR count). The molecule has 1 atom stereocenters. The molecule has 21 heavy (non-hydrogen) atoms. The van der Waals surface area contributed by atoms with Crippen LogP contribution < -0.4 is 10.5 Å². The fourth-order valence-electron chi connectivity index (χ4n) is 2.22. The zero-order valence-electron chi connectivity index (χ0n) is 12.4. The van der Waals surface area contributed by atoms with Gasteiger partial charge in [-0.1, -0.05) is 0 Å². The SMILES string of the molecule is Cc1cc(N)c(C)c(S(=O)(=O)NC(C)c2ncn[nH]2)c1C. The highest BCUT2D eigenvalue weighted by molar-refractivity contribution is 7.89. The number of anilines is 1. The number of rotatable bonds is 4. The lowest BCUT2D eigenvalue weighted by atomic mass is 10.1. The molecular weight excluding hydrogens is 290 g/mol. The van der Waals surface area contributed by atoms with Gasteiger partial charge in [-0.25, -0.2) is 18.1 Å². The van der Waals surface area contributed by atoms with E-state index in [1.165, 1.54) is 6.33 Å². The number of sulfonamides is 1. The summed E-state index contributed by atoms with van der Waals surface area (Å²) >= 11 is 0. The molecule has 1 aromatic carbocycles. The molecular formula is C13H19N5O2S. The number of nitrogen functional groups attached to an aromatic ring is 1. The first kappa shape index (κ1) is 15.5. The van der Waals surface area contributed by atoms with Crippen molar-refractivity contribution in [1.29, 1.82) is 0 Å². The van der Waals surface area contributed by atoms with Crippen molar-refractivity contribution >= 4 is 15.7 Å². The second-order valence-electron chi connectivity index (χ2n) is 5.08. The van der Waals surface area contributed by atoms with Crippen molar-refractivity contribution in [1.82, 2.24) is 19.9 Å². The number of nitrogens with zero attached hydrogens (tertiary/aromatic N) is 2. The minimum Gasteiger partial charge on any atom is -0.398 e. The zero-order valence-corrected chi connectivity index (χ0v) is 13.2. The highest BCUT2D eigenvalue weighted by atomic mass is 32.2. The second-order valence-corrected chi connectivity index (χ2v) is 6.73. The molecule has 1 heterocycles. The largest absolute Gasteiger partial charge is 0.398 e. The molecule has 114 valence electrons. The number of benzene rings is 1. The van der Waals surface area contributed by atoms with Crippen LogP contribution in [0.3, 0.4) is 0 Å². The van der Waals surface area contributed by atoms with Crippen molar-refractivity contribution in [2.45, 2.75) is 38.6 Å². The molecule has 0 bridgehead atoms. The van der Waals surface area contributed by atoms with E-state index >= 15 is 0 Å². The molecule has 0 spiro atoms. The molecule has 0 fully saturated rings. The first-order valence-corrected chi connectivity index (χ1v) is 7.96. The van der Waals surface area contributed by atoms with Crippen LogP contribution in [0.4, 0.5) is 5.69 Å². The molecule has 2 aromatic rings. The van der Waals surface area contributed by atoms with Crippen LogP contribution >= 0.6 is 0 Å². The number of aromatic amines is 1. The van der Waals surface area contributed by atoms with E-state index in [9.17, 15) is 8.42 Å². The summed E-state index contributed by atoms with van der Waals surface area (Å²) in [5.74, 6) is 0.453. The molecule has 4 N–H and O–H groups in total. The Bertz CT molecular complexity index is 727.